The predicted octanol–water partition coefficient (Wildman–Crippen LogP) is 0.353. The van der Waals surface area contributed by atoms with Crippen LogP contribution in [0.5, 0.6) is 0 Å². The quantitative estimate of drug-likeness (QED) is 0.852. The molecule has 2 aliphatic rings. The Labute approximate surface area is 143 Å². The topological polar surface area (TPSA) is 47.8 Å². The van der Waals surface area contributed by atoms with Crippen molar-refractivity contribution in [3.63, 3.8) is 0 Å². The number of aromatic nitrogens is 2. The van der Waals surface area contributed by atoms with E-state index in [2.05, 4.69) is 10.2 Å². The molecule has 5 nitrogen and oxygen atoms in total. The molecule has 24 heavy (non-hydrogen) atoms. The monoisotopic (exact) mass is 328 g/mol. The van der Waals surface area contributed by atoms with E-state index in [1.807, 2.05) is 35.2 Å². The Morgan fingerprint density at radius 3 is 2.42 bits per heavy atom. The molecule has 0 atom stereocenters. The number of piperazine rings is 1. The normalized spacial score (nSPS) is 25.7. The SMILES string of the molecule is c1ccc(-c2nnc(C[NH+]3CC[NH+](C4CCCCC4)CC3)o2)cc1. The van der Waals surface area contributed by atoms with Gasteiger partial charge in [-0.15, -0.1) is 10.2 Å². The molecule has 1 aromatic carbocycles. The third kappa shape index (κ3) is 3.68. The summed E-state index contributed by atoms with van der Waals surface area (Å²) in [5.74, 6) is 1.40. The summed E-state index contributed by atoms with van der Waals surface area (Å²) in [6.07, 6.45) is 7.20. The molecule has 4 rings (SSSR count). The minimum atomic E-state index is 0.636. The minimum absolute atomic E-state index is 0.636. The molecular formula is C19H28N4O+2. The first-order valence-corrected chi connectivity index (χ1v) is 9.44. The molecule has 2 aromatic rings. The van der Waals surface area contributed by atoms with Gasteiger partial charge >= 0.3 is 0 Å². The summed E-state index contributed by atoms with van der Waals surface area (Å²) < 4.78 is 5.87. The molecule has 0 unspecified atom stereocenters. The van der Waals surface area contributed by atoms with E-state index in [1.165, 1.54) is 58.3 Å². The lowest BCUT2D eigenvalue weighted by Crippen LogP contribution is -3.29. The van der Waals surface area contributed by atoms with Crippen LogP contribution in [-0.4, -0.2) is 42.4 Å². The maximum Gasteiger partial charge on any atom is 0.271 e. The highest BCUT2D eigenvalue weighted by Crippen LogP contribution is 2.16. The van der Waals surface area contributed by atoms with Gasteiger partial charge in [0.2, 0.25) is 5.89 Å². The van der Waals surface area contributed by atoms with E-state index in [1.54, 1.807) is 4.90 Å². The first-order chi connectivity index (χ1) is 11.9. The second-order valence-corrected chi connectivity index (χ2v) is 7.29. The lowest BCUT2D eigenvalue weighted by atomic mass is 9.94. The van der Waals surface area contributed by atoms with Crippen LogP contribution in [0.1, 0.15) is 38.0 Å². The highest BCUT2D eigenvalue weighted by atomic mass is 16.4. The zero-order valence-electron chi connectivity index (χ0n) is 14.3. The fraction of sp³-hybridized carbons (Fsp3) is 0.579. The van der Waals surface area contributed by atoms with E-state index < -0.39 is 0 Å². The van der Waals surface area contributed by atoms with Gasteiger partial charge in [-0.2, -0.15) is 0 Å². The molecule has 128 valence electrons. The first kappa shape index (κ1) is 15.8. The van der Waals surface area contributed by atoms with Crippen LogP contribution in [0, 0.1) is 0 Å². The Kier molecular flexibility index (Phi) is 4.90. The largest absolute Gasteiger partial charge is 0.415 e. The molecule has 2 fully saturated rings. The second kappa shape index (κ2) is 7.45. The Morgan fingerprint density at radius 2 is 1.67 bits per heavy atom. The number of nitrogens with zero attached hydrogens (tertiary/aromatic N) is 2. The summed E-state index contributed by atoms with van der Waals surface area (Å²) in [6.45, 7) is 5.88. The predicted molar refractivity (Wildman–Crippen MR) is 91.7 cm³/mol. The number of hydrogen-bond acceptors (Lipinski definition) is 3. The van der Waals surface area contributed by atoms with Crippen LogP contribution in [0.25, 0.3) is 11.5 Å². The molecule has 1 aliphatic carbocycles. The van der Waals surface area contributed by atoms with Gasteiger partial charge in [-0.05, 0) is 37.8 Å². The van der Waals surface area contributed by atoms with Gasteiger partial charge in [-0.25, -0.2) is 0 Å². The van der Waals surface area contributed by atoms with Gasteiger partial charge in [0.15, 0.2) is 6.54 Å². The molecule has 2 heterocycles. The Hall–Kier alpha value is -1.72. The molecule has 5 heteroatoms. The lowest BCUT2D eigenvalue weighted by molar-refractivity contribution is -1.03. The van der Waals surface area contributed by atoms with Crippen molar-refractivity contribution in [1.82, 2.24) is 10.2 Å². The van der Waals surface area contributed by atoms with Crippen molar-refractivity contribution >= 4 is 0 Å². The zero-order valence-corrected chi connectivity index (χ0v) is 14.3. The molecular weight excluding hydrogens is 300 g/mol. The van der Waals surface area contributed by atoms with Gasteiger partial charge in [0.25, 0.3) is 5.89 Å². The van der Waals surface area contributed by atoms with Gasteiger partial charge in [-0.1, -0.05) is 24.6 Å². The van der Waals surface area contributed by atoms with Crippen molar-refractivity contribution < 1.29 is 14.2 Å². The molecule has 1 saturated heterocycles. The van der Waals surface area contributed by atoms with Crippen molar-refractivity contribution in [2.75, 3.05) is 26.2 Å². The molecule has 0 spiro atoms. The van der Waals surface area contributed by atoms with Gasteiger partial charge < -0.3 is 14.2 Å². The van der Waals surface area contributed by atoms with Crippen LogP contribution in [0.2, 0.25) is 0 Å². The second-order valence-electron chi connectivity index (χ2n) is 7.29. The maximum atomic E-state index is 5.87. The van der Waals surface area contributed by atoms with Crippen LogP contribution in [0.4, 0.5) is 0 Å². The zero-order chi connectivity index (χ0) is 16.2. The Bertz CT molecular complexity index is 628. The number of rotatable bonds is 4. The van der Waals surface area contributed by atoms with E-state index in [9.17, 15) is 0 Å². The van der Waals surface area contributed by atoms with Gasteiger partial charge in [0.05, 0.1) is 6.04 Å². The number of hydrogen-bond donors (Lipinski definition) is 2. The molecule has 1 aromatic heterocycles. The average Bonchev–Trinajstić information content (AvgIpc) is 3.12. The maximum absolute atomic E-state index is 5.87. The highest BCUT2D eigenvalue weighted by molar-refractivity contribution is 5.51. The van der Waals surface area contributed by atoms with Gasteiger partial charge in [0, 0.05) is 5.56 Å². The van der Waals surface area contributed by atoms with Crippen molar-refractivity contribution in [2.24, 2.45) is 0 Å². The smallest absolute Gasteiger partial charge is 0.271 e. The van der Waals surface area contributed by atoms with Crippen LogP contribution in [0.3, 0.4) is 0 Å². The molecule has 1 aliphatic heterocycles. The molecule has 0 amide bonds. The number of benzene rings is 1. The fourth-order valence-electron chi connectivity index (χ4n) is 4.26. The van der Waals surface area contributed by atoms with Crippen LogP contribution >= 0.6 is 0 Å². The number of quaternary nitrogens is 2. The molecule has 2 N–H and O–H groups in total. The third-order valence-electron chi connectivity index (χ3n) is 5.67. The summed E-state index contributed by atoms with van der Waals surface area (Å²) in [4.78, 5) is 3.42. The third-order valence-corrected chi connectivity index (χ3v) is 5.67. The lowest BCUT2D eigenvalue weighted by Gasteiger charge is -2.35. The summed E-state index contributed by atoms with van der Waals surface area (Å²) in [5, 5.41) is 8.46. The molecule has 1 saturated carbocycles. The average molecular weight is 328 g/mol. The summed E-state index contributed by atoms with van der Waals surface area (Å²) in [7, 11) is 0. The van der Waals surface area contributed by atoms with Crippen molar-refractivity contribution in [2.45, 2.75) is 44.7 Å². The van der Waals surface area contributed by atoms with Crippen LogP contribution < -0.4 is 9.80 Å². The van der Waals surface area contributed by atoms with E-state index >= 15 is 0 Å². The van der Waals surface area contributed by atoms with E-state index in [4.69, 9.17) is 4.42 Å². The minimum Gasteiger partial charge on any atom is -0.415 e. The summed E-state index contributed by atoms with van der Waals surface area (Å²) in [6, 6.07) is 10.9. The van der Waals surface area contributed by atoms with E-state index in [0.717, 1.165) is 24.0 Å². The van der Waals surface area contributed by atoms with Crippen LogP contribution in [0.15, 0.2) is 34.7 Å². The fourth-order valence-corrected chi connectivity index (χ4v) is 4.26. The standard InChI is InChI=1S/C19H26N4O/c1-3-7-16(8-4-1)19-21-20-18(24-19)15-22-11-13-23(14-12-22)17-9-5-2-6-10-17/h1,3-4,7-8,17H,2,5-6,9-15H2/p+2. The molecule has 0 radical (unpaired) electrons. The summed E-state index contributed by atoms with van der Waals surface area (Å²) >= 11 is 0. The summed E-state index contributed by atoms with van der Waals surface area (Å²) in [5.41, 5.74) is 0.998. The highest BCUT2D eigenvalue weighted by Gasteiger charge is 2.31. The Balaban J connectivity index is 1.30. The van der Waals surface area contributed by atoms with Crippen molar-refractivity contribution in [3.8, 4) is 11.5 Å². The first-order valence-electron chi connectivity index (χ1n) is 9.44. The van der Waals surface area contributed by atoms with E-state index in [-0.39, 0.29) is 0 Å². The van der Waals surface area contributed by atoms with Crippen molar-refractivity contribution in [1.29, 1.82) is 0 Å². The van der Waals surface area contributed by atoms with E-state index in [0.29, 0.717) is 5.89 Å². The Morgan fingerprint density at radius 1 is 0.917 bits per heavy atom. The van der Waals surface area contributed by atoms with Gasteiger partial charge in [-0.3, -0.25) is 0 Å². The molecule has 0 bridgehead atoms. The number of nitrogens with one attached hydrogen (secondary N) is 2. The van der Waals surface area contributed by atoms with Crippen molar-refractivity contribution in [3.05, 3.63) is 36.2 Å². The van der Waals surface area contributed by atoms with Gasteiger partial charge in [0.1, 0.15) is 26.2 Å². The van der Waals surface area contributed by atoms with Crippen LogP contribution in [-0.2, 0) is 6.54 Å².